The molecule has 4 aromatic heterocycles. The number of carbonyl (C=O) groups excluding carboxylic acids is 1. The van der Waals surface area contributed by atoms with E-state index in [1.165, 1.54) is 0 Å². The van der Waals surface area contributed by atoms with Crippen molar-refractivity contribution in [2.45, 2.75) is 51.1 Å². The summed E-state index contributed by atoms with van der Waals surface area (Å²) in [7, 11) is 0. The van der Waals surface area contributed by atoms with Crippen LogP contribution in [0.3, 0.4) is 0 Å². The monoisotopic (exact) mass is 466 g/mol. The van der Waals surface area contributed by atoms with E-state index in [0.29, 0.717) is 24.0 Å². The van der Waals surface area contributed by atoms with Gasteiger partial charge >= 0.3 is 0 Å². The fourth-order valence-corrected chi connectivity index (χ4v) is 4.83. The number of alkyl halides is 2. The zero-order chi connectivity index (χ0) is 23.9. The Labute approximate surface area is 196 Å². The van der Waals surface area contributed by atoms with E-state index in [1.807, 2.05) is 48.5 Å². The summed E-state index contributed by atoms with van der Waals surface area (Å²) in [5.41, 5.74) is 3.97. The molecule has 0 bridgehead atoms. The second kappa shape index (κ2) is 8.79. The molecule has 0 saturated carbocycles. The highest BCUT2D eigenvalue weighted by atomic mass is 19.3. The van der Waals surface area contributed by atoms with Gasteiger partial charge in [0.2, 0.25) is 0 Å². The van der Waals surface area contributed by atoms with Gasteiger partial charge in [0.05, 0.1) is 23.8 Å². The Bertz CT molecular complexity index is 1320. The van der Waals surface area contributed by atoms with Gasteiger partial charge in [0, 0.05) is 55.1 Å². The summed E-state index contributed by atoms with van der Waals surface area (Å²) in [6.45, 7) is 3.21. The first-order valence-corrected chi connectivity index (χ1v) is 11.6. The van der Waals surface area contributed by atoms with Crippen molar-refractivity contribution in [1.29, 1.82) is 0 Å². The number of halogens is 2. The average molecular weight is 467 g/mol. The highest BCUT2D eigenvalue weighted by molar-refractivity contribution is 6.02. The number of likely N-dealkylation sites (tertiary alicyclic amines) is 1. The molecule has 1 saturated heterocycles. The molecule has 0 spiro atoms. The summed E-state index contributed by atoms with van der Waals surface area (Å²) in [5.74, 6) is -2.92. The van der Waals surface area contributed by atoms with Crippen molar-refractivity contribution >= 4 is 22.5 Å². The first kappa shape index (κ1) is 22.5. The lowest BCUT2D eigenvalue weighted by Crippen LogP contribution is -2.41. The lowest BCUT2D eigenvalue weighted by Gasteiger charge is -2.29. The third-order valence-electron chi connectivity index (χ3n) is 6.67. The number of carbonyl (C=O) groups is 1. The third kappa shape index (κ3) is 4.52. The van der Waals surface area contributed by atoms with E-state index in [0.717, 1.165) is 41.9 Å². The van der Waals surface area contributed by atoms with Crippen LogP contribution in [0.4, 0.5) is 8.78 Å². The van der Waals surface area contributed by atoms with Crippen LogP contribution in [-0.2, 0) is 0 Å². The van der Waals surface area contributed by atoms with Crippen LogP contribution in [0, 0.1) is 0 Å². The van der Waals surface area contributed by atoms with E-state index in [9.17, 15) is 13.6 Å². The van der Waals surface area contributed by atoms with Crippen molar-refractivity contribution in [3.8, 4) is 11.1 Å². The summed E-state index contributed by atoms with van der Waals surface area (Å²) in [6.07, 6.45) is 9.23. The van der Waals surface area contributed by atoms with Gasteiger partial charge in [-0.1, -0.05) is 0 Å². The Morgan fingerprint density at radius 1 is 1.29 bits per heavy atom. The molecule has 1 aliphatic heterocycles. The van der Waals surface area contributed by atoms with E-state index in [2.05, 4.69) is 20.4 Å². The summed E-state index contributed by atoms with van der Waals surface area (Å²) < 4.78 is 28.8. The van der Waals surface area contributed by atoms with Crippen LogP contribution in [-0.4, -0.2) is 61.5 Å². The van der Waals surface area contributed by atoms with Gasteiger partial charge in [0.1, 0.15) is 5.65 Å². The van der Waals surface area contributed by atoms with Crippen molar-refractivity contribution in [1.82, 2.24) is 29.8 Å². The van der Waals surface area contributed by atoms with Gasteiger partial charge in [-0.05, 0) is 56.0 Å². The summed E-state index contributed by atoms with van der Waals surface area (Å²) >= 11 is 0. The molecule has 7 nitrogen and oxygen atoms in total. The number of nitrogens with zero attached hydrogens (tertiary/aromatic N) is 4. The van der Waals surface area contributed by atoms with E-state index in [-0.39, 0.29) is 24.5 Å². The van der Waals surface area contributed by atoms with Crippen LogP contribution in [0.2, 0.25) is 0 Å². The highest BCUT2D eigenvalue weighted by Crippen LogP contribution is 2.29. The van der Waals surface area contributed by atoms with E-state index < -0.39 is 5.92 Å². The lowest BCUT2D eigenvalue weighted by atomic mass is 10.0. The molecule has 2 unspecified atom stereocenters. The SMILES string of the molecule is CC1CCC(NC(=O)c2cnn3ccc(-c4c[nH]c5ncccc45)cc23)CCN1CC(C)(F)F. The smallest absolute Gasteiger partial charge is 0.257 e. The molecule has 1 amide bonds. The molecule has 1 fully saturated rings. The van der Waals surface area contributed by atoms with E-state index in [1.54, 1.807) is 16.9 Å². The Hall–Kier alpha value is -3.33. The molecule has 9 heteroatoms. The van der Waals surface area contributed by atoms with E-state index >= 15 is 0 Å². The fourth-order valence-electron chi connectivity index (χ4n) is 4.83. The molecule has 0 aliphatic carbocycles. The lowest BCUT2D eigenvalue weighted by molar-refractivity contribution is -0.0234. The number of aromatic amines is 1. The number of aromatic nitrogens is 4. The largest absolute Gasteiger partial charge is 0.349 e. The van der Waals surface area contributed by atoms with Crippen LogP contribution in [0.25, 0.3) is 27.7 Å². The predicted molar refractivity (Wildman–Crippen MR) is 127 cm³/mol. The Morgan fingerprint density at radius 2 is 2.15 bits per heavy atom. The molecule has 4 aromatic rings. The molecule has 0 aromatic carbocycles. The van der Waals surface area contributed by atoms with Crippen molar-refractivity contribution in [2.75, 3.05) is 13.1 Å². The van der Waals surface area contributed by atoms with E-state index in [4.69, 9.17) is 0 Å². The molecule has 34 heavy (non-hydrogen) atoms. The first-order chi connectivity index (χ1) is 16.3. The van der Waals surface area contributed by atoms with Crippen LogP contribution in [0.15, 0.2) is 49.1 Å². The number of hydrogen-bond donors (Lipinski definition) is 2. The maximum atomic E-state index is 13.5. The minimum absolute atomic E-state index is 0.0536. The minimum Gasteiger partial charge on any atom is -0.349 e. The Balaban J connectivity index is 1.35. The molecule has 178 valence electrons. The number of rotatable bonds is 5. The number of amides is 1. The molecule has 2 N–H and O–H groups in total. The second-order valence-corrected chi connectivity index (χ2v) is 9.33. The van der Waals surface area contributed by atoms with Gasteiger partial charge in [-0.15, -0.1) is 0 Å². The van der Waals surface area contributed by atoms with Gasteiger partial charge in [-0.25, -0.2) is 18.3 Å². The van der Waals surface area contributed by atoms with Gasteiger partial charge in [0.15, 0.2) is 0 Å². The maximum absolute atomic E-state index is 13.5. The highest BCUT2D eigenvalue weighted by Gasteiger charge is 2.31. The Morgan fingerprint density at radius 3 is 2.97 bits per heavy atom. The molecule has 0 radical (unpaired) electrons. The molecular formula is C25H28F2N6O. The predicted octanol–water partition coefficient (Wildman–Crippen LogP) is 4.51. The number of pyridine rings is 2. The Kier molecular flexibility index (Phi) is 5.81. The standard InChI is InChI=1S/C25H28F2N6O/c1-16-5-6-18(8-10-32(16)15-25(2,26)27)31-24(34)21-14-30-33-11-7-17(12-22(21)33)20-13-29-23-19(20)4-3-9-28-23/h3-4,7,9,11-14,16,18H,5-6,8,10,15H2,1-2H3,(H,28,29)(H,31,34). The van der Waals surface area contributed by atoms with Crippen LogP contribution < -0.4 is 5.32 Å². The summed E-state index contributed by atoms with van der Waals surface area (Å²) in [4.78, 5) is 22.5. The molecule has 5 rings (SSSR count). The number of nitrogens with one attached hydrogen (secondary N) is 2. The maximum Gasteiger partial charge on any atom is 0.257 e. The van der Waals surface area contributed by atoms with Crippen LogP contribution in [0.5, 0.6) is 0 Å². The zero-order valence-corrected chi connectivity index (χ0v) is 19.3. The molecule has 5 heterocycles. The average Bonchev–Trinajstić information content (AvgIpc) is 3.38. The van der Waals surface area contributed by atoms with Crippen LogP contribution in [0.1, 0.15) is 43.5 Å². The van der Waals surface area contributed by atoms with Crippen molar-refractivity contribution in [3.05, 3.63) is 54.6 Å². The first-order valence-electron chi connectivity index (χ1n) is 11.6. The van der Waals surface area contributed by atoms with Gasteiger partial charge in [-0.3, -0.25) is 9.69 Å². The van der Waals surface area contributed by atoms with Crippen LogP contribution >= 0.6 is 0 Å². The summed E-state index contributed by atoms with van der Waals surface area (Å²) in [5, 5.41) is 8.47. The quantitative estimate of drug-likeness (QED) is 0.454. The molecular weight excluding hydrogens is 438 g/mol. The minimum atomic E-state index is -2.73. The van der Waals surface area contributed by atoms with Crippen molar-refractivity contribution in [2.24, 2.45) is 0 Å². The van der Waals surface area contributed by atoms with Gasteiger partial charge < -0.3 is 10.3 Å². The normalized spacial score (nSPS) is 20.0. The number of H-pyrrole nitrogens is 1. The summed E-state index contributed by atoms with van der Waals surface area (Å²) in [6, 6.07) is 7.81. The molecule has 2 atom stereocenters. The van der Waals surface area contributed by atoms with Gasteiger partial charge in [-0.2, -0.15) is 5.10 Å². The number of hydrogen-bond acceptors (Lipinski definition) is 4. The zero-order valence-electron chi connectivity index (χ0n) is 19.3. The number of fused-ring (bicyclic) bond motifs is 2. The second-order valence-electron chi connectivity index (χ2n) is 9.33. The molecule has 1 aliphatic rings. The van der Waals surface area contributed by atoms with Crippen molar-refractivity contribution in [3.63, 3.8) is 0 Å². The van der Waals surface area contributed by atoms with Gasteiger partial charge in [0.25, 0.3) is 11.8 Å². The fraction of sp³-hybridized carbons (Fsp3) is 0.400. The topological polar surface area (TPSA) is 78.3 Å². The third-order valence-corrected chi connectivity index (χ3v) is 6.67. The van der Waals surface area contributed by atoms with Crippen molar-refractivity contribution < 1.29 is 13.6 Å².